The van der Waals surface area contributed by atoms with Crippen molar-refractivity contribution in [2.24, 2.45) is 5.92 Å². The molecule has 88 valence electrons. The fourth-order valence-electron chi connectivity index (χ4n) is 1.97. The topological polar surface area (TPSA) is 52.6 Å². The van der Waals surface area contributed by atoms with Gasteiger partial charge in [-0.2, -0.15) is 0 Å². The van der Waals surface area contributed by atoms with Gasteiger partial charge in [0.15, 0.2) is 0 Å². The van der Waals surface area contributed by atoms with E-state index >= 15 is 0 Å². The Kier molecular flexibility index (Phi) is 5.05. The highest BCUT2D eigenvalue weighted by molar-refractivity contribution is 5.75. The molecule has 2 N–H and O–H groups in total. The summed E-state index contributed by atoms with van der Waals surface area (Å²) in [6, 6.07) is 0. The lowest BCUT2D eigenvalue weighted by Crippen LogP contribution is -2.43. The monoisotopic (exact) mass is 214 g/mol. The van der Waals surface area contributed by atoms with Crippen molar-refractivity contribution in [2.45, 2.75) is 32.8 Å². The number of nitrogens with zero attached hydrogens (tertiary/aromatic N) is 1. The summed E-state index contributed by atoms with van der Waals surface area (Å²) in [7, 11) is 0. The van der Waals surface area contributed by atoms with Crippen LogP contribution in [0.5, 0.6) is 0 Å². The minimum absolute atomic E-state index is 0.122. The molecule has 1 heterocycles. The number of aliphatic hydroxyl groups is 1. The molecule has 1 aliphatic heterocycles. The number of rotatable bonds is 4. The lowest BCUT2D eigenvalue weighted by molar-refractivity contribution is -0.121. The summed E-state index contributed by atoms with van der Waals surface area (Å²) in [5.41, 5.74) is 0. The van der Waals surface area contributed by atoms with E-state index in [9.17, 15) is 9.90 Å². The van der Waals surface area contributed by atoms with E-state index in [1.165, 1.54) is 0 Å². The van der Waals surface area contributed by atoms with Gasteiger partial charge in [0, 0.05) is 32.6 Å². The van der Waals surface area contributed by atoms with Gasteiger partial charge in [0.1, 0.15) is 0 Å². The number of hydrogen-bond donors (Lipinski definition) is 2. The van der Waals surface area contributed by atoms with Gasteiger partial charge >= 0.3 is 0 Å². The smallest absolute Gasteiger partial charge is 0.221 e. The van der Waals surface area contributed by atoms with Gasteiger partial charge in [-0.05, 0) is 19.3 Å². The van der Waals surface area contributed by atoms with Gasteiger partial charge in [0.25, 0.3) is 0 Å². The molecule has 0 spiro atoms. The van der Waals surface area contributed by atoms with Crippen molar-refractivity contribution in [2.75, 3.05) is 26.2 Å². The van der Waals surface area contributed by atoms with Crippen molar-refractivity contribution in [1.82, 2.24) is 10.2 Å². The summed E-state index contributed by atoms with van der Waals surface area (Å²) < 4.78 is 0. The number of amides is 1. The van der Waals surface area contributed by atoms with Crippen LogP contribution in [0.2, 0.25) is 0 Å². The average molecular weight is 214 g/mol. The molecule has 0 aromatic heterocycles. The standard InChI is InChI=1S/C11H22N2O2/c1-3-12-11(15)5-7-13-6-4-10(14)9(2)8-13/h9-10,14H,3-8H2,1-2H3,(H,12,15). The second-order valence-corrected chi connectivity index (χ2v) is 4.34. The van der Waals surface area contributed by atoms with Crippen molar-refractivity contribution in [3.8, 4) is 0 Å². The molecule has 1 saturated heterocycles. The summed E-state index contributed by atoms with van der Waals surface area (Å²) in [4.78, 5) is 13.5. The molecule has 1 amide bonds. The number of carbonyl (C=O) groups is 1. The Morgan fingerprint density at radius 1 is 1.60 bits per heavy atom. The molecule has 0 aromatic rings. The predicted octanol–water partition coefficient (Wildman–Crippen LogP) is 0.215. The lowest BCUT2D eigenvalue weighted by Gasteiger charge is -2.34. The summed E-state index contributed by atoms with van der Waals surface area (Å²) in [6.45, 7) is 7.31. The molecule has 4 nitrogen and oxygen atoms in total. The van der Waals surface area contributed by atoms with Crippen LogP contribution in [0.1, 0.15) is 26.7 Å². The molecule has 1 aliphatic rings. The van der Waals surface area contributed by atoms with Crippen molar-refractivity contribution >= 4 is 5.91 Å². The molecule has 0 radical (unpaired) electrons. The van der Waals surface area contributed by atoms with E-state index < -0.39 is 0 Å². The summed E-state index contributed by atoms with van der Waals surface area (Å²) in [6.07, 6.45) is 1.23. The Labute approximate surface area is 91.6 Å². The van der Waals surface area contributed by atoms with Crippen LogP contribution in [-0.4, -0.2) is 48.2 Å². The molecule has 0 aromatic carbocycles. The maximum absolute atomic E-state index is 11.2. The Bertz CT molecular complexity index is 209. The van der Waals surface area contributed by atoms with Crippen LogP contribution >= 0.6 is 0 Å². The molecule has 2 unspecified atom stereocenters. The van der Waals surface area contributed by atoms with Crippen LogP contribution in [0.25, 0.3) is 0 Å². The molecule has 2 atom stereocenters. The third kappa shape index (κ3) is 4.18. The zero-order chi connectivity index (χ0) is 11.3. The molecule has 4 heteroatoms. The zero-order valence-corrected chi connectivity index (χ0v) is 9.70. The van der Waals surface area contributed by atoms with Crippen molar-refractivity contribution in [3.05, 3.63) is 0 Å². The molecule has 15 heavy (non-hydrogen) atoms. The highest BCUT2D eigenvalue weighted by atomic mass is 16.3. The molecule has 0 aliphatic carbocycles. The van der Waals surface area contributed by atoms with Gasteiger partial charge in [0.2, 0.25) is 5.91 Å². The van der Waals surface area contributed by atoms with Crippen molar-refractivity contribution in [3.63, 3.8) is 0 Å². The van der Waals surface area contributed by atoms with Crippen molar-refractivity contribution in [1.29, 1.82) is 0 Å². The number of carbonyl (C=O) groups excluding carboxylic acids is 1. The minimum Gasteiger partial charge on any atom is -0.393 e. The van der Waals surface area contributed by atoms with Gasteiger partial charge < -0.3 is 15.3 Å². The predicted molar refractivity (Wildman–Crippen MR) is 59.5 cm³/mol. The highest BCUT2D eigenvalue weighted by Crippen LogP contribution is 2.16. The maximum Gasteiger partial charge on any atom is 0.221 e. The summed E-state index contributed by atoms with van der Waals surface area (Å²) >= 11 is 0. The van der Waals surface area contributed by atoms with Gasteiger partial charge in [-0.3, -0.25) is 4.79 Å². The number of aliphatic hydroxyl groups excluding tert-OH is 1. The van der Waals surface area contributed by atoms with E-state index in [-0.39, 0.29) is 12.0 Å². The van der Waals surface area contributed by atoms with Gasteiger partial charge in [-0.15, -0.1) is 0 Å². The number of hydrogen-bond acceptors (Lipinski definition) is 3. The Morgan fingerprint density at radius 2 is 2.33 bits per heavy atom. The molecule has 0 saturated carbocycles. The fourth-order valence-corrected chi connectivity index (χ4v) is 1.97. The van der Waals surface area contributed by atoms with E-state index in [0.29, 0.717) is 18.9 Å². The zero-order valence-electron chi connectivity index (χ0n) is 9.70. The molecular formula is C11H22N2O2. The molecule has 0 bridgehead atoms. The second-order valence-electron chi connectivity index (χ2n) is 4.34. The average Bonchev–Trinajstić information content (AvgIpc) is 2.20. The highest BCUT2D eigenvalue weighted by Gasteiger charge is 2.23. The maximum atomic E-state index is 11.2. The molecule has 1 fully saturated rings. The first kappa shape index (κ1) is 12.5. The Morgan fingerprint density at radius 3 is 2.93 bits per heavy atom. The molecule has 1 rings (SSSR count). The Balaban J connectivity index is 2.19. The summed E-state index contributed by atoms with van der Waals surface area (Å²) in [5.74, 6) is 0.448. The molecular weight excluding hydrogens is 192 g/mol. The quantitative estimate of drug-likeness (QED) is 0.703. The number of piperidine rings is 1. The van der Waals surface area contributed by atoms with Crippen LogP contribution in [0.15, 0.2) is 0 Å². The van der Waals surface area contributed by atoms with E-state index in [4.69, 9.17) is 0 Å². The lowest BCUT2D eigenvalue weighted by atomic mass is 9.97. The van der Waals surface area contributed by atoms with Crippen LogP contribution in [0.4, 0.5) is 0 Å². The van der Waals surface area contributed by atoms with Gasteiger partial charge in [-0.1, -0.05) is 6.92 Å². The van der Waals surface area contributed by atoms with Gasteiger partial charge in [0.05, 0.1) is 6.10 Å². The third-order valence-electron chi connectivity index (χ3n) is 2.97. The minimum atomic E-state index is -0.161. The number of nitrogens with one attached hydrogen (secondary N) is 1. The third-order valence-corrected chi connectivity index (χ3v) is 2.97. The summed E-state index contributed by atoms with van der Waals surface area (Å²) in [5, 5.41) is 12.3. The second kappa shape index (κ2) is 6.08. The SMILES string of the molecule is CCNC(=O)CCN1CCC(O)C(C)C1. The van der Waals surface area contributed by atoms with Crippen molar-refractivity contribution < 1.29 is 9.90 Å². The van der Waals surface area contributed by atoms with Gasteiger partial charge in [-0.25, -0.2) is 0 Å². The first-order valence-electron chi connectivity index (χ1n) is 5.80. The van der Waals surface area contributed by atoms with Crippen LogP contribution in [0.3, 0.4) is 0 Å². The van der Waals surface area contributed by atoms with E-state index in [1.807, 2.05) is 6.92 Å². The van der Waals surface area contributed by atoms with E-state index in [1.54, 1.807) is 0 Å². The largest absolute Gasteiger partial charge is 0.393 e. The fraction of sp³-hybridized carbons (Fsp3) is 0.909. The first-order valence-corrected chi connectivity index (χ1v) is 5.80. The Hall–Kier alpha value is -0.610. The first-order chi connectivity index (χ1) is 7.13. The van der Waals surface area contributed by atoms with E-state index in [2.05, 4.69) is 17.1 Å². The van der Waals surface area contributed by atoms with Crippen LogP contribution in [0, 0.1) is 5.92 Å². The van der Waals surface area contributed by atoms with Crippen LogP contribution in [-0.2, 0) is 4.79 Å². The number of likely N-dealkylation sites (tertiary alicyclic amines) is 1. The van der Waals surface area contributed by atoms with Crippen LogP contribution < -0.4 is 5.32 Å². The normalized spacial score (nSPS) is 27.7. The van der Waals surface area contributed by atoms with E-state index in [0.717, 1.165) is 26.1 Å².